The number of ether oxygens (including phenoxy) is 2. The highest BCUT2D eigenvalue weighted by molar-refractivity contribution is 7.13. The number of carbonyl (C=O) groups excluding carboxylic acids is 2. The van der Waals surface area contributed by atoms with E-state index in [1.54, 1.807) is 12.3 Å². The number of halogens is 2. The molecule has 0 aliphatic rings. The Balaban J connectivity index is 1.85. The highest BCUT2D eigenvalue weighted by atomic mass is 32.1. The van der Waals surface area contributed by atoms with Gasteiger partial charge in [0.15, 0.2) is 5.13 Å². The summed E-state index contributed by atoms with van der Waals surface area (Å²) in [5.74, 6) is -0.654. The van der Waals surface area contributed by atoms with Crippen molar-refractivity contribution in [3.05, 3.63) is 40.9 Å². The number of nitrogens with zero attached hydrogens (tertiary/aromatic N) is 1. The van der Waals surface area contributed by atoms with Gasteiger partial charge in [0, 0.05) is 5.38 Å². The number of anilines is 1. The Hall–Kier alpha value is -2.55. The van der Waals surface area contributed by atoms with Crippen LogP contribution in [0.5, 0.6) is 5.75 Å². The number of nitrogens with one attached hydrogen (secondary N) is 1. The molecule has 1 amide bonds. The average Bonchev–Trinajstić information content (AvgIpc) is 2.95. The van der Waals surface area contributed by atoms with Gasteiger partial charge in [0.1, 0.15) is 5.75 Å². The van der Waals surface area contributed by atoms with Crippen molar-refractivity contribution in [1.82, 2.24) is 4.98 Å². The molecule has 1 aromatic carbocycles. The summed E-state index contributed by atoms with van der Waals surface area (Å²) >= 11 is 1.20. The lowest BCUT2D eigenvalue weighted by Crippen LogP contribution is -2.14. The molecular weight excluding hydrogens is 354 g/mol. The van der Waals surface area contributed by atoms with Crippen molar-refractivity contribution in [2.75, 3.05) is 11.9 Å². The fourth-order valence-corrected chi connectivity index (χ4v) is 2.67. The zero-order valence-electron chi connectivity index (χ0n) is 13.3. The van der Waals surface area contributed by atoms with Gasteiger partial charge in [-0.2, -0.15) is 8.78 Å². The zero-order valence-corrected chi connectivity index (χ0v) is 14.1. The van der Waals surface area contributed by atoms with Gasteiger partial charge < -0.3 is 14.8 Å². The fraction of sp³-hybridized carbons (Fsp3) is 0.312. The number of amides is 1. The van der Waals surface area contributed by atoms with Gasteiger partial charge in [-0.1, -0.05) is 12.1 Å². The molecule has 0 saturated carbocycles. The van der Waals surface area contributed by atoms with Crippen molar-refractivity contribution < 1.29 is 27.8 Å². The van der Waals surface area contributed by atoms with Crippen molar-refractivity contribution in [3.8, 4) is 5.75 Å². The molecule has 9 heteroatoms. The highest BCUT2D eigenvalue weighted by Gasteiger charge is 2.11. The molecular formula is C16H16F2N2O4S. The Kier molecular flexibility index (Phi) is 6.81. The summed E-state index contributed by atoms with van der Waals surface area (Å²) in [4.78, 5) is 27.5. The van der Waals surface area contributed by atoms with Gasteiger partial charge in [0.2, 0.25) is 5.91 Å². The minimum atomic E-state index is -2.89. The van der Waals surface area contributed by atoms with E-state index in [9.17, 15) is 18.4 Å². The number of rotatable bonds is 8. The molecule has 0 unspecified atom stereocenters. The average molecular weight is 370 g/mol. The maximum absolute atomic E-state index is 12.1. The summed E-state index contributed by atoms with van der Waals surface area (Å²) in [6, 6.07) is 5.81. The van der Waals surface area contributed by atoms with Gasteiger partial charge in [0.05, 0.1) is 25.1 Å². The van der Waals surface area contributed by atoms with E-state index in [4.69, 9.17) is 4.74 Å². The van der Waals surface area contributed by atoms with E-state index in [1.165, 1.54) is 35.6 Å². The lowest BCUT2D eigenvalue weighted by atomic mass is 10.1. The Labute approximate surface area is 146 Å². The predicted molar refractivity (Wildman–Crippen MR) is 87.9 cm³/mol. The van der Waals surface area contributed by atoms with Crippen LogP contribution in [-0.4, -0.2) is 30.1 Å². The molecule has 0 atom stereocenters. The SMILES string of the molecule is CCOC(=O)Cc1csc(NC(=O)Cc2ccc(OC(F)F)cc2)n1. The lowest BCUT2D eigenvalue weighted by Gasteiger charge is -2.06. The van der Waals surface area contributed by atoms with Gasteiger partial charge in [-0.25, -0.2) is 4.98 Å². The van der Waals surface area contributed by atoms with E-state index >= 15 is 0 Å². The van der Waals surface area contributed by atoms with Crippen LogP contribution in [0.4, 0.5) is 13.9 Å². The van der Waals surface area contributed by atoms with Gasteiger partial charge in [-0.3, -0.25) is 9.59 Å². The Morgan fingerprint density at radius 3 is 2.60 bits per heavy atom. The van der Waals surface area contributed by atoms with Crippen LogP contribution in [0.15, 0.2) is 29.6 Å². The van der Waals surface area contributed by atoms with Crippen molar-refractivity contribution in [3.63, 3.8) is 0 Å². The minimum absolute atomic E-state index is 0.0303. The molecule has 0 aliphatic carbocycles. The number of benzene rings is 1. The molecule has 0 spiro atoms. The molecule has 0 radical (unpaired) electrons. The van der Waals surface area contributed by atoms with Crippen LogP contribution in [0.25, 0.3) is 0 Å². The maximum Gasteiger partial charge on any atom is 0.387 e. The van der Waals surface area contributed by atoms with E-state index in [0.717, 1.165) is 0 Å². The second kappa shape index (κ2) is 9.07. The monoisotopic (exact) mass is 370 g/mol. The lowest BCUT2D eigenvalue weighted by molar-refractivity contribution is -0.142. The first-order chi connectivity index (χ1) is 12.0. The number of aromatic nitrogens is 1. The Bertz CT molecular complexity index is 719. The topological polar surface area (TPSA) is 77.5 Å². The van der Waals surface area contributed by atoms with Gasteiger partial charge >= 0.3 is 12.6 Å². The van der Waals surface area contributed by atoms with E-state index in [1.807, 2.05) is 0 Å². The van der Waals surface area contributed by atoms with Gasteiger partial charge in [-0.15, -0.1) is 11.3 Å². The van der Waals surface area contributed by atoms with Crippen molar-refractivity contribution in [1.29, 1.82) is 0 Å². The molecule has 0 bridgehead atoms. The van der Waals surface area contributed by atoms with Crippen molar-refractivity contribution in [2.45, 2.75) is 26.4 Å². The molecule has 6 nitrogen and oxygen atoms in total. The van der Waals surface area contributed by atoms with E-state index < -0.39 is 6.61 Å². The van der Waals surface area contributed by atoms with Crippen LogP contribution in [0.1, 0.15) is 18.2 Å². The molecule has 134 valence electrons. The molecule has 1 aromatic heterocycles. The van der Waals surface area contributed by atoms with E-state index in [2.05, 4.69) is 15.0 Å². The van der Waals surface area contributed by atoms with Crippen molar-refractivity contribution in [2.24, 2.45) is 0 Å². The van der Waals surface area contributed by atoms with Crippen LogP contribution in [-0.2, 0) is 27.2 Å². The van der Waals surface area contributed by atoms with Crippen LogP contribution in [0.3, 0.4) is 0 Å². The molecule has 0 aliphatic heterocycles. The van der Waals surface area contributed by atoms with Crippen LogP contribution < -0.4 is 10.1 Å². The molecule has 0 saturated heterocycles. The smallest absolute Gasteiger partial charge is 0.387 e. The number of thiazole rings is 1. The molecule has 25 heavy (non-hydrogen) atoms. The van der Waals surface area contributed by atoms with Gasteiger partial charge in [-0.05, 0) is 24.6 Å². The normalized spacial score (nSPS) is 10.6. The predicted octanol–water partition coefficient (Wildman–Crippen LogP) is 3.03. The first-order valence-electron chi connectivity index (χ1n) is 7.40. The molecule has 1 heterocycles. The third-order valence-electron chi connectivity index (χ3n) is 2.94. The van der Waals surface area contributed by atoms with Crippen molar-refractivity contribution >= 4 is 28.3 Å². The van der Waals surface area contributed by atoms with E-state index in [0.29, 0.717) is 23.0 Å². The summed E-state index contributed by atoms with van der Waals surface area (Å²) in [5.41, 5.74) is 1.16. The Morgan fingerprint density at radius 2 is 1.96 bits per heavy atom. The summed E-state index contributed by atoms with van der Waals surface area (Å²) in [5, 5.41) is 4.67. The third-order valence-corrected chi connectivity index (χ3v) is 3.75. The second-order valence-electron chi connectivity index (χ2n) is 4.87. The highest BCUT2D eigenvalue weighted by Crippen LogP contribution is 2.18. The second-order valence-corrected chi connectivity index (χ2v) is 5.73. The van der Waals surface area contributed by atoms with Crippen LogP contribution in [0.2, 0.25) is 0 Å². The summed E-state index contributed by atoms with van der Waals surface area (Å²) in [7, 11) is 0. The number of hydrogen-bond donors (Lipinski definition) is 1. The summed E-state index contributed by atoms with van der Waals surface area (Å²) in [6.45, 7) is -0.868. The molecule has 2 rings (SSSR count). The first-order valence-corrected chi connectivity index (χ1v) is 8.28. The zero-order chi connectivity index (χ0) is 18.2. The fourth-order valence-electron chi connectivity index (χ4n) is 1.94. The first kappa shape index (κ1) is 18.8. The summed E-state index contributed by atoms with van der Waals surface area (Å²) < 4.78 is 33.2. The van der Waals surface area contributed by atoms with E-state index in [-0.39, 0.29) is 30.5 Å². The summed E-state index contributed by atoms with van der Waals surface area (Å²) in [6.07, 6.45) is 0.105. The van der Waals surface area contributed by atoms with Gasteiger partial charge in [0.25, 0.3) is 0 Å². The largest absolute Gasteiger partial charge is 0.466 e. The Morgan fingerprint density at radius 1 is 1.24 bits per heavy atom. The van der Waals surface area contributed by atoms with Crippen LogP contribution in [0, 0.1) is 0 Å². The molecule has 0 fully saturated rings. The quantitative estimate of drug-likeness (QED) is 0.723. The number of hydrogen-bond acceptors (Lipinski definition) is 6. The number of carbonyl (C=O) groups is 2. The van der Waals surface area contributed by atoms with Crippen LogP contribution >= 0.6 is 11.3 Å². The molecule has 1 N–H and O–H groups in total. The standard InChI is InChI=1S/C16H16F2N2O4S/c1-2-23-14(22)8-11-9-25-16(19-11)20-13(21)7-10-3-5-12(6-4-10)24-15(17)18/h3-6,9,15H,2,7-8H2,1H3,(H,19,20,21). The number of esters is 1. The minimum Gasteiger partial charge on any atom is -0.466 e. The number of alkyl halides is 2. The maximum atomic E-state index is 12.1. The third kappa shape index (κ3) is 6.46. The molecule has 2 aromatic rings.